The van der Waals surface area contributed by atoms with Crippen molar-refractivity contribution < 1.29 is 18.7 Å². The summed E-state index contributed by atoms with van der Waals surface area (Å²) in [4.78, 5) is 20.7. The van der Waals surface area contributed by atoms with Crippen LogP contribution in [-0.4, -0.2) is 39.2 Å². The number of halogens is 3. The third-order valence-electron chi connectivity index (χ3n) is 4.19. The lowest BCUT2D eigenvalue weighted by Gasteiger charge is -2.37. The number of amides is 1. The lowest BCUT2D eigenvalue weighted by atomic mass is 9.89. The summed E-state index contributed by atoms with van der Waals surface area (Å²) in [6.45, 7) is 0.893. The average molecular weight is 456 g/mol. The van der Waals surface area contributed by atoms with Crippen LogP contribution in [0.3, 0.4) is 0 Å². The number of thioether (sulfide) groups is 1. The average Bonchev–Trinajstić information content (AvgIpc) is 2.67. The van der Waals surface area contributed by atoms with Crippen LogP contribution in [-0.2, 0) is 5.54 Å². The molecule has 0 spiro atoms. The first-order valence-corrected chi connectivity index (χ1v) is 9.73. The molecular weight excluding hydrogens is 440 g/mol. The zero-order valence-electron chi connectivity index (χ0n) is 14.2. The van der Waals surface area contributed by atoms with Crippen molar-refractivity contribution in [3.05, 3.63) is 64.1 Å². The molecule has 9 heteroatoms. The fourth-order valence-corrected chi connectivity index (χ4v) is 4.22. The van der Waals surface area contributed by atoms with Crippen molar-refractivity contribution in [3.63, 3.8) is 0 Å². The summed E-state index contributed by atoms with van der Waals surface area (Å²) in [7, 11) is 0. The molecule has 1 aromatic heterocycles. The van der Waals surface area contributed by atoms with Crippen molar-refractivity contribution in [2.75, 3.05) is 6.61 Å². The molecule has 1 amide bonds. The minimum absolute atomic E-state index is 0.0977. The number of amidine groups is 1. The summed E-state index contributed by atoms with van der Waals surface area (Å²) in [6.07, 6.45) is -1.71. The van der Waals surface area contributed by atoms with Gasteiger partial charge in [0.25, 0.3) is 5.91 Å². The molecule has 142 valence electrons. The van der Waals surface area contributed by atoms with Gasteiger partial charge >= 0.3 is 0 Å². The van der Waals surface area contributed by atoms with Crippen molar-refractivity contribution in [1.29, 1.82) is 0 Å². The summed E-state index contributed by atoms with van der Waals surface area (Å²) in [6, 6.07) is 11.0. The number of hydrogen-bond donors (Lipinski definition) is 2. The highest BCUT2D eigenvalue weighted by Crippen LogP contribution is 2.42. The van der Waals surface area contributed by atoms with E-state index in [1.165, 1.54) is 13.0 Å². The summed E-state index contributed by atoms with van der Waals surface area (Å²) >= 11 is 4.05. The van der Waals surface area contributed by atoms with Gasteiger partial charge in [-0.25, -0.2) is 18.8 Å². The number of aliphatic hydroxyl groups excluding tert-OH is 1. The Kier molecular flexibility index (Phi) is 5.92. The minimum Gasteiger partial charge on any atom is -0.395 e. The van der Waals surface area contributed by atoms with Crippen LogP contribution in [0.1, 0.15) is 23.0 Å². The first kappa shape index (κ1) is 19.9. The highest BCUT2D eigenvalue weighted by Gasteiger charge is 2.48. The van der Waals surface area contributed by atoms with Gasteiger partial charge in [-0.2, -0.15) is 0 Å². The molecule has 1 aromatic carbocycles. The maximum absolute atomic E-state index is 15.1. The molecule has 0 fully saturated rings. The van der Waals surface area contributed by atoms with Crippen LogP contribution in [0.15, 0.2) is 52.1 Å². The quantitative estimate of drug-likeness (QED) is 0.695. The molecule has 0 radical (unpaired) electrons. The topological polar surface area (TPSA) is 74.6 Å². The van der Waals surface area contributed by atoms with Crippen molar-refractivity contribution in [1.82, 2.24) is 10.3 Å². The van der Waals surface area contributed by atoms with Gasteiger partial charge in [0.15, 0.2) is 5.17 Å². The summed E-state index contributed by atoms with van der Waals surface area (Å²) in [5, 5.41) is 11.4. The molecule has 5 nitrogen and oxygen atoms in total. The van der Waals surface area contributed by atoms with Gasteiger partial charge < -0.3 is 10.4 Å². The molecule has 3 atom stereocenters. The van der Waals surface area contributed by atoms with E-state index >= 15 is 4.39 Å². The summed E-state index contributed by atoms with van der Waals surface area (Å²) < 4.78 is 29.8. The second kappa shape index (κ2) is 8.04. The molecule has 3 rings (SSSR count). The van der Waals surface area contributed by atoms with E-state index in [9.17, 15) is 14.3 Å². The van der Waals surface area contributed by atoms with Crippen LogP contribution < -0.4 is 5.32 Å². The van der Waals surface area contributed by atoms with Gasteiger partial charge in [-0.3, -0.25) is 4.79 Å². The Labute approximate surface area is 167 Å². The first-order chi connectivity index (χ1) is 12.8. The van der Waals surface area contributed by atoms with E-state index < -0.39 is 35.3 Å². The van der Waals surface area contributed by atoms with Crippen LogP contribution in [0.2, 0.25) is 0 Å². The Hall–Kier alpha value is -1.84. The van der Waals surface area contributed by atoms with Crippen LogP contribution in [0.4, 0.5) is 8.78 Å². The third kappa shape index (κ3) is 4.04. The molecule has 0 saturated carbocycles. The lowest BCUT2D eigenvalue weighted by Crippen LogP contribution is -2.48. The van der Waals surface area contributed by atoms with E-state index in [-0.39, 0.29) is 10.9 Å². The van der Waals surface area contributed by atoms with Gasteiger partial charge in [-0.15, -0.1) is 0 Å². The van der Waals surface area contributed by atoms with Crippen molar-refractivity contribution in [2.45, 2.75) is 23.9 Å². The molecule has 1 aliphatic rings. The highest BCUT2D eigenvalue weighted by molar-refractivity contribution is 9.10. The van der Waals surface area contributed by atoms with Gasteiger partial charge in [0.05, 0.1) is 11.9 Å². The Bertz CT molecular complexity index is 884. The number of carbonyl (C=O) groups excluding carboxylic acids is 1. The number of aliphatic hydroxyl groups is 1. The zero-order valence-corrected chi connectivity index (χ0v) is 16.6. The van der Waals surface area contributed by atoms with Crippen LogP contribution in [0.25, 0.3) is 0 Å². The second-order valence-corrected chi connectivity index (χ2v) is 8.13. The van der Waals surface area contributed by atoms with Gasteiger partial charge in [-0.05, 0) is 47.1 Å². The van der Waals surface area contributed by atoms with Crippen molar-refractivity contribution in [2.24, 2.45) is 4.99 Å². The summed E-state index contributed by atoms with van der Waals surface area (Å²) in [5.41, 5.74) is -1.50. The largest absolute Gasteiger partial charge is 0.395 e. The Morgan fingerprint density at radius 3 is 2.70 bits per heavy atom. The standard InChI is InChI=1S/C18H16BrF2N3O2S/c1-18(15-11(20)7-8-13(19)22-15)14(21)12(9-25)27-17(24-18)23-16(26)10-5-3-2-4-6-10/h2-8,12,14,25H,9H2,1H3,(H,23,24,26)/t12-,14+,18+/m1/s1. The van der Waals surface area contributed by atoms with Gasteiger partial charge in [0.2, 0.25) is 0 Å². The maximum Gasteiger partial charge on any atom is 0.257 e. The zero-order chi connectivity index (χ0) is 19.6. The molecule has 0 bridgehead atoms. The number of nitrogens with one attached hydrogen (secondary N) is 1. The van der Waals surface area contributed by atoms with E-state index in [2.05, 4.69) is 31.2 Å². The number of benzene rings is 1. The number of aromatic nitrogens is 1. The van der Waals surface area contributed by atoms with E-state index in [1.807, 2.05) is 0 Å². The lowest BCUT2D eigenvalue weighted by molar-refractivity contribution is 0.0976. The number of nitrogens with zero attached hydrogens (tertiary/aromatic N) is 2. The number of carbonyl (C=O) groups is 1. The minimum atomic E-state index is -1.71. The highest BCUT2D eigenvalue weighted by atomic mass is 79.9. The maximum atomic E-state index is 15.1. The third-order valence-corrected chi connectivity index (χ3v) is 5.74. The van der Waals surface area contributed by atoms with E-state index in [4.69, 9.17) is 0 Å². The number of hydrogen-bond acceptors (Lipinski definition) is 5. The Morgan fingerprint density at radius 2 is 2.04 bits per heavy atom. The number of aliphatic imine (C=N–C) groups is 1. The molecule has 0 saturated heterocycles. The number of alkyl halides is 1. The molecule has 1 aliphatic heterocycles. The SMILES string of the molecule is C[C@]1(c2nc(Br)ccc2F)N=C(NC(=O)c2ccccc2)S[C@H](CO)[C@@H]1F. The normalized spacial score (nSPS) is 25.0. The van der Waals surface area contributed by atoms with Crippen LogP contribution >= 0.6 is 27.7 Å². The fourth-order valence-electron chi connectivity index (χ4n) is 2.77. The monoisotopic (exact) mass is 455 g/mol. The number of pyridine rings is 1. The van der Waals surface area contributed by atoms with Crippen molar-refractivity contribution in [3.8, 4) is 0 Å². The van der Waals surface area contributed by atoms with E-state index in [0.717, 1.165) is 17.8 Å². The van der Waals surface area contributed by atoms with Gasteiger partial charge in [0, 0.05) is 5.56 Å². The predicted molar refractivity (Wildman–Crippen MR) is 104 cm³/mol. The Balaban J connectivity index is 2.00. The molecule has 0 unspecified atom stereocenters. The first-order valence-electron chi connectivity index (χ1n) is 8.05. The molecule has 0 aliphatic carbocycles. The molecule has 2 N–H and O–H groups in total. The number of rotatable bonds is 3. The van der Waals surface area contributed by atoms with Crippen LogP contribution in [0.5, 0.6) is 0 Å². The van der Waals surface area contributed by atoms with E-state index in [0.29, 0.717) is 10.2 Å². The summed E-state index contributed by atoms with van der Waals surface area (Å²) in [5.74, 6) is -1.15. The second-order valence-electron chi connectivity index (χ2n) is 6.09. The van der Waals surface area contributed by atoms with Gasteiger partial charge in [0.1, 0.15) is 27.8 Å². The molecule has 2 aromatic rings. The van der Waals surface area contributed by atoms with Crippen LogP contribution in [0, 0.1) is 5.82 Å². The Morgan fingerprint density at radius 1 is 1.33 bits per heavy atom. The molecule has 2 heterocycles. The van der Waals surface area contributed by atoms with Gasteiger partial charge in [-0.1, -0.05) is 30.0 Å². The smallest absolute Gasteiger partial charge is 0.257 e. The molecule has 27 heavy (non-hydrogen) atoms. The predicted octanol–water partition coefficient (Wildman–Crippen LogP) is 3.43. The fraction of sp³-hybridized carbons (Fsp3) is 0.278. The molecular formula is C18H16BrF2N3O2S. The van der Waals surface area contributed by atoms with E-state index in [1.54, 1.807) is 30.3 Å². The van der Waals surface area contributed by atoms with Crippen molar-refractivity contribution >= 4 is 38.8 Å².